The van der Waals surface area contributed by atoms with Gasteiger partial charge in [-0.2, -0.15) is 0 Å². The molecule has 0 radical (unpaired) electrons. The molecule has 1 saturated heterocycles. The lowest BCUT2D eigenvalue weighted by Gasteiger charge is -2.38. The van der Waals surface area contributed by atoms with Crippen LogP contribution in [0.1, 0.15) is 33.1 Å². The predicted molar refractivity (Wildman–Crippen MR) is 73.2 cm³/mol. The minimum Gasteiger partial charge on any atom is -0.304 e. The lowest BCUT2D eigenvalue weighted by Crippen LogP contribution is -2.55. The summed E-state index contributed by atoms with van der Waals surface area (Å²) in [6.07, 6.45) is 3.30. The van der Waals surface area contributed by atoms with Crippen molar-refractivity contribution in [3.05, 3.63) is 30.1 Å². The van der Waals surface area contributed by atoms with Gasteiger partial charge >= 0.3 is 6.03 Å². The molecular formula is C14H20FN3O. The summed E-state index contributed by atoms with van der Waals surface area (Å²) in [6.45, 7) is 4.16. The molecule has 1 aliphatic heterocycles. The van der Waals surface area contributed by atoms with Crippen LogP contribution in [0.3, 0.4) is 0 Å². The van der Waals surface area contributed by atoms with Gasteiger partial charge in [0.2, 0.25) is 0 Å². The lowest BCUT2D eigenvalue weighted by atomic mass is 10.00. The molecule has 104 valence electrons. The second-order valence-electron chi connectivity index (χ2n) is 5.08. The first-order chi connectivity index (χ1) is 9.08. The molecular weight excluding hydrogens is 245 g/mol. The van der Waals surface area contributed by atoms with Crippen molar-refractivity contribution in [3.63, 3.8) is 0 Å². The Morgan fingerprint density at radius 2 is 1.89 bits per heavy atom. The van der Waals surface area contributed by atoms with Crippen molar-refractivity contribution >= 4 is 11.7 Å². The fraction of sp³-hybridized carbons (Fsp3) is 0.500. The number of para-hydroxylation sites is 1. The lowest BCUT2D eigenvalue weighted by molar-refractivity contribution is 0.0625. The third-order valence-corrected chi connectivity index (χ3v) is 3.55. The highest BCUT2D eigenvalue weighted by molar-refractivity contribution is 5.89. The molecule has 1 aromatic carbocycles. The van der Waals surface area contributed by atoms with E-state index in [1.165, 1.54) is 18.6 Å². The van der Waals surface area contributed by atoms with Crippen LogP contribution >= 0.6 is 0 Å². The Kier molecular flexibility index (Phi) is 4.37. The molecule has 0 unspecified atom stereocenters. The fourth-order valence-corrected chi connectivity index (χ4v) is 2.47. The minimum atomic E-state index is -0.433. The van der Waals surface area contributed by atoms with Crippen molar-refractivity contribution < 1.29 is 9.18 Å². The second kappa shape index (κ2) is 6.02. The molecule has 19 heavy (non-hydrogen) atoms. The highest BCUT2D eigenvalue weighted by atomic mass is 19.1. The van der Waals surface area contributed by atoms with E-state index in [-0.39, 0.29) is 5.69 Å². The van der Waals surface area contributed by atoms with E-state index < -0.39 is 11.8 Å². The minimum absolute atomic E-state index is 0.192. The van der Waals surface area contributed by atoms with Crippen LogP contribution in [0.15, 0.2) is 24.3 Å². The number of hydrazine groups is 1. The van der Waals surface area contributed by atoms with Crippen molar-refractivity contribution in [2.45, 2.75) is 45.2 Å². The summed E-state index contributed by atoms with van der Waals surface area (Å²) in [5.41, 5.74) is 3.00. The van der Waals surface area contributed by atoms with Gasteiger partial charge < -0.3 is 5.32 Å². The van der Waals surface area contributed by atoms with Crippen molar-refractivity contribution in [2.75, 3.05) is 5.32 Å². The van der Waals surface area contributed by atoms with Gasteiger partial charge in [-0.05, 0) is 38.8 Å². The fourth-order valence-electron chi connectivity index (χ4n) is 2.47. The number of hydrogen-bond acceptors (Lipinski definition) is 2. The molecule has 1 aromatic rings. The van der Waals surface area contributed by atoms with Crippen LogP contribution in [0.5, 0.6) is 0 Å². The van der Waals surface area contributed by atoms with Gasteiger partial charge in [-0.15, -0.1) is 0 Å². The molecule has 0 aromatic heterocycles. The van der Waals surface area contributed by atoms with Gasteiger partial charge in [-0.3, -0.25) is 5.43 Å². The average molecular weight is 265 g/mol. The number of piperidine rings is 1. The molecule has 1 fully saturated rings. The third-order valence-electron chi connectivity index (χ3n) is 3.55. The van der Waals surface area contributed by atoms with Gasteiger partial charge in [0.25, 0.3) is 0 Å². The largest absolute Gasteiger partial charge is 0.333 e. The van der Waals surface area contributed by atoms with E-state index in [2.05, 4.69) is 24.6 Å². The molecule has 0 saturated carbocycles. The molecule has 2 N–H and O–H groups in total. The van der Waals surface area contributed by atoms with Crippen molar-refractivity contribution in [3.8, 4) is 0 Å². The maximum Gasteiger partial charge on any atom is 0.333 e. The van der Waals surface area contributed by atoms with E-state index in [1.54, 1.807) is 12.1 Å². The van der Waals surface area contributed by atoms with Crippen LogP contribution in [0.2, 0.25) is 0 Å². The molecule has 0 bridgehead atoms. The summed E-state index contributed by atoms with van der Waals surface area (Å²) < 4.78 is 13.4. The number of nitrogens with one attached hydrogen (secondary N) is 2. The molecule has 2 amide bonds. The normalized spacial score (nSPS) is 23.9. The Morgan fingerprint density at radius 3 is 2.53 bits per heavy atom. The van der Waals surface area contributed by atoms with Crippen molar-refractivity contribution in [1.29, 1.82) is 0 Å². The predicted octanol–water partition coefficient (Wildman–Crippen LogP) is 3.13. The van der Waals surface area contributed by atoms with Gasteiger partial charge in [0.1, 0.15) is 5.82 Å². The summed E-state index contributed by atoms with van der Waals surface area (Å²) >= 11 is 0. The molecule has 0 aliphatic carbocycles. The molecule has 2 atom stereocenters. The van der Waals surface area contributed by atoms with Gasteiger partial charge in [0.05, 0.1) is 5.69 Å². The van der Waals surface area contributed by atoms with Gasteiger partial charge in [0.15, 0.2) is 0 Å². The van der Waals surface area contributed by atoms with Crippen molar-refractivity contribution in [2.24, 2.45) is 0 Å². The van der Waals surface area contributed by atoms with Gasteiger partial charge in [0, 0.05) is 12.1 Å². The molecule has 0 spiro atoms. The number of amides is 2. The summed E-state index contributed by atoms with van der Waals surface area (Å²) in [5, 5.41) is 4.48. The maximum absolute atomic E-state index is 13.4. The summed E-state index contributed by atoms with van der Waals surface area (Å²) in [7, 11) is 0. The van der Waals surface area contributed by atoms with E-state index in [0.717, 1.165) is 12.8 Å². The number of rotatable bonds is 2. The number of halogens is 1. The number of carbonyl (C=O) groups is 1. The van der Waals surface area contributed by atoms with Crippen LogP contribution in [0.25, 0.3) is 0 Å². The van der Waals surface area contributed by atoms with E-state index in [0.29, 0.717) is 12.1 Å². The van der Waals surface area contributed by atoms with Crippen LogP contribution in [0.4, 0.5) is 14.9 Å². The Morgan fingerprint density at radius 1 is 1.26 bits per heavy atom. The number of carbonyl (C=O) groups excluding carboxylic acids is 1. The first kappa shape index (κ1) is 13.8. The first-order valence-electron chi connectivity index (χ1n) is 6.68. The van der Waals surface area contributed by atoms with E-state index in [4.69, 9.17) is 0 Å². The molecule has 1 heterocycles. The summed E-state index contributed by atoms with van der Waals surface area (Å²) in [5.74, 6) is -0.433. The second-order valence-corrected chi connectivity index (χ2v) is 5.08. The zero-order valence-electron chi connectivity index (χ0n) is 11.3. The van der Waals surface area contributed by atoms with E-state index in [9.17, 15) is 9.18 Å². The number of nitrogens with zero attached hydrogens (tertiary/aromatic N) is 1. The highest BCUT2D eigenvalue weighted by Crippen LogP contribution is 2.20. The quantitative estimate of drug-likeness (QED) is 0.863. The molecule has 4 nitrogen and oxygen atoms in total. The van der Waals surface area contributed by atoms with E-state index >= 15 is 0 Å². The van der Waals surface area contributed by atoms with Crippen molar-refractivity contribution in [1.82, 2.24) is 10.4 Å². The molecule has 1 aliphatic rings. The Balaban J connectivity index is 1.96. The number of urea groups is 1. The highest BCUT2D eigenvalue weighted by Gasteiger charge is 2.26. The smallest absolute Gasteiger partial charge is 0.304 e. The van der Waals surface area contributed by atoms with Crippen LogP contribution in [-0.2, 0) is 0 Å². The van der Waals surface area contributed by atoms with Crippen LogP contribution < -0.4 is 10.7 Å². The number of anilines is 1. The third kappa shape index (κ3) is 3.44. The zero-order valence-corrected chi connectivity index (χ0v) is 11.3. The molecule has 2 rings (SSSR count). The Labute approximate surface area is 113 Å². The van der Waals surface area contributed by atoms with Crippen LogP contribution in [-0.4, -0.2) is 23.1 Å². The summed E-state index contributed by atoms with van der Waals surface area (Å²) in [4.78, 5) is 11.9. The monoisotopic (exact) mass is 265 g/mol. The maximum atomic E-state index is 13.4. The summed E-state index contributed by atoms with van der Waals surface area (Å²) in [6, 6.07) is 6.34. The zero-order chi connectivity index (χ0) is 13.8. The number of hydrogen-bond donors (Lipinski definition) is 2. The van der Waals surface area contributed by atoms with Crippen LogP contribution in [0, 0.1) is 5.82 Å². The van der Waals surface area contributed by atoms with Gasteiger partial charge in [-0.1, -0.05) is 18.6 Å². The standard InChI is InChI=1S/C14H20FN3O/c1-10-6-5-7-11(2)18(10)17-14(19)16-13-9-4-3-8-12(13)15/h3-4,8-11H,5-7H2,1-2H3,(H2,16,17,19)/t10-,11-/m1/s1. The Hall–Kier alpha value is -1.62. The SMILES string of the molecule is C[C@@H]1CCC[C@@H](C)N1NC(=O)Nc1ccccc1F. The molecule has 5 heteroatoms. The Bertz CT molecular complexity index is 442. The number of benzene rings is 1. The first-order valence-corrected chi connectivity index (χ1v) is 6.68. The van der Waals surface area contributed by atoms with E-state index in [1.807, 2.05) is 5.01 Å². The topological polar surface area (TPSA) is 44.4 Å². The van der Waals surface area contributed by atoms with Gasteiger partial charge in [-0.25, -0.2) is 14.2 Å². The average Bonchev–Trinajstić information content (AvgIpc) is 2.37.